The predicted octanol–water partition coefficient (Wildman–Crippen LogP) is 1.28. The van der Waals surface area contributed by atoms with Crippen LogP contribution >= 0.6 is 0 Å². The van der Waals surface area contributed by atoms with Gasteiger partial charge in [-0.25, -0.2) is 4.79 Å². The summed E-state index contributed by atoms with van der Waals surface area (Å²) >= 11 is 0. The van der Waals surface area contributed by atoms with Crippen LogP contribution in [0.25, 0.3) is 0 Å². The van der Waals surface area contributed by atoms with Crippen LogP contribution in [0.1, 0.15) is 33.6 Å². The molecule has 0 rings (SSSR count). The highest BCUT2D eigenvalue weighted by Gasteiger charge is 2.15. The van der Waals surface area contributed by atoms with Crippen LogP contribution in [0.15, 0.2) is 0 Å². The first-order chi connectivity index (χ1) is 9.10. The molecule has 0 heterocycles. The lowest BCUT2D eigenvalue weighted by atomic mass is 10.2. The van der Waals surface area contributed by atoms with Crippen LogP contribution in [-0.2, 0) is 23.8 Å². The van der Waals surface area contributed by atoms with E-state index in [9.17, 15) is 13.2 Å². The highest BCUT2D eigenvalue weighted by molar-refractivity contribution is 7.85. The third kappa shape index (κ3) is 15.2. The van der Waals surface area contributed by atoms with Crippen molar-refractivity contribution >= 4 is 16.2 Å². The van der Waals surface area contributed by atoms with Gasteiger partial charge in [-0.3, -0.25) is 4.18 Å². The Hall–Kier alpha value is -0.860. The van der Waals surface area contributed by atoms with Gasteiger partial charge in [0.25, 0.3) is 10.1 Å². The number of rotatable bonds is 9. The van der Waals surface area contributed by atoms with Gasteiger partial charge in [-0.05, 0) is 33.6 Å². The summed E-state index contributed by atoms with van der Waals surface area (Å²) in [5, 5.41) is 2.57. The van der Waals surface area contributed by atoms with E-state index in [1.165, 1.54) is 0 Å². The van der Waals surface area contributed by atoms with Crippen LogP contribution in [0.4, 0.5) is 4.79 Å². The lowest BCUT2D eigenvalue weighted by Crippen LogP contribution is -2.34. The quantitative estimate of drug-likeness (QED) is 0.509. The summed E-state index contributed by atoms with van der Waals surface area (Å²) in [6.45, 7) is 6.79. The molecule has 0 aromatic rings. The molecular weight excluding hydrogens is 286 g/mol. The molecule has 0 bridgehead atoms. The van der Waals surface area contributed by atoms with E-state index in [0.717, 1.165) is 6.26 Å². The standard InChI is InChI=1S/C12H25NO6S/c1-12(2,3)19-11(14)13-7-10-17-8-5-6-9-18-20(4,15)16/h5-10H2,1-4H3,(H,13,14). The van der Waals surface area contributed by atoms with E-state index in [4.69, 9.17) is 9.47 Å². The van der Waals surface area contributed by atoms with Crippen molar-refractivity contribution in [2.75, 3.05) is 32.6 Å². The average molecular weight is 311 g/mol. The first-order valence-electron chi connectivity index (χ1n) is 6.49. The fourth-order valence-corrected chi connectivity index (χ4v) is 1.58. The Balaban J connectivity index is 3.35. The molecule has 0 aliphatic rings. The summed E-state index contributed by atoms with van der Waals surface area (Å²) in [5.41, 5.74) is -0.509. The number of ether oxygens (including phenoxy) is 2. The van der Waals surface area contributed by atoms with E-state index in [-0.39, 0.29) is 6.61 Å². The molecule has 120 valence electrons. The highest BCUT2D eigenvalue weighted by Crippen LogP contribution is 2.06. The average Bonchev–Trinajstić information content (AvgIpc) is 2.22. The Kier molecular flexibility index (Phi) is 8.75. The fourth-order valence-electron chi connectivity index (χ4n) is 1.16. The first-order valence-corrected chi connectivity index (χ1v) is 8.31. The zero-order valence-electron chi connectivity index (χ0n) is 12.6. The van der Waals surface area contributed by atoms with E-state index in [0.29, 0.717) is 32.6 Å². The van der Waals surface area contributed by atoms with Gasteiger partial charge >= 0.3 is 6.09 Å². The van der Waals surface area contributed by atoms with Gasteiger partial charge in [-0.15, -0.1) is 0 Å². The number of hydrogen-bond acceptors (Lipinski definition) is 6. The van der Waals surface area contributed by atoms with Crippen LogP contribution in [0, 0.1) is 0 Å². The number of amides is 1. The van der Waals surface area contributed by atoms with Crippen LogP contribution in [0.2, 0.25) is 0 Å². The largest absolute Gasteiger partial charge is 0.444 e. The van der Waals surface area contributed by atoms with E-state index in [1.54, 1.807) is 20.8 Å². The van der Waals surface area contributed by atoms with Gasteiger partial charge in [-0.2, -0.15) is 8.42 Å². The van der Waals surface area contributed by atoms with Gasteiger partial charge in [0.2, 0.25) is 0 Å². The first kappa shape index (κ1) is 19.1. The summed E-state index contributed by atoms with van der Waals surface area (Å²) in [6.07, 6.45) is 1.85. The van der Waals surface area contributed by atoms with Gasteiger partial charge in [0, 0.05) is 13.2 Å². The van der Waals surface area contributed by atoms with Crippen molar-refractivity contribution in [3.63, 3.8) is 0 Å². The molecule has 0 fully saturated rings. The second-order valence-corrected chi connectivity index (χ2v) is 6.92. The highest BCUT2D eigenvalue weighted by atomic mass is 32.2. The summed E-state index contributed by atoms with van der Waals surface area (Å²) in [4.78, 5) is 11.3. The van der Waals surface area contributed by atoms with E-state index < -0.39 is 21.8 Å². The van der Waals surface area contributed by atoms with Crippen LogP contribution in [0.3, 0.4) is 0 Å². The molecule has 0 aliphatic heterocycles. The molecule has 1 amide bonds. The number of carbonyl (C=O) groups is 1. The zero-order valence-corrected chi connectivity index (χ0v) is 13.4. The monoisotopic (exact) mass is 311 g/mol. The molecule has 1 N–H and O–H groups in total. The maximum atomic E-state index is 11.3. The summed E-state index contributed by atoms with van der Waals surface area (Å²) in [5.74, 6) is 0. The van der Waals surface area contributed by atoms with Crippen molar-refractivity contribution < 1.29 is 26.9 Å². The second kappa shape index (κ2) is 9.15. The lowest BCUT2D eigenvalue weighted by molar-refractivity contribution is 0.0498. The van der Waals surface area contributed by atoms with Gasteiger partial charge < -0.3 is 14.8 Å². The third-order valence-electron chi connectivity index (χ3n) is 1.90. The fraction of sp³-hybridized carbons (Fsp3) is 0.917. The minimum Gasteiger partial charge on any atom is -0.444 e. The Morgan fingerprint density at radius 1 is 1.10 bits per heavy atom. The van der Waals surface area contributed by atoms with Gasteiger partial charge in [0.15, 0.2) is 0 Å². The molecular formula is C12H25NO6S. The molecule has 0 saturated carbocycles. The van der Waals surface area contributed by atoms with Gasteiger partial charge in [-0.1, -0.05) is 0 Å². The van der Waals surface area contributed by atoms with Crippen molar-refractivity contribution in [2.45, 2.75) is 39.2 Å². The maximum absolute atomic E-state index is 11.3. The summed E-state index contributed by atoms with van der Waals surface area (Å²) in [7, 11) is -3.35. The van der Waals surface area contributed by atoms with Crippen molar-refractivity contribution in [1.82, 2.24) is 5.32 Å². The SMILES string of the molecule is CC(C)(C)OC(=O)NCCOCCCCOS(C)(=O)=O. The molecule has 0 aromatic carbocycles. The molecule has 7 nitrogen and oxygen atoms in total. The van der Waals surface area contributed by atoms with Crippen molar-refractivity contribution in [3.05, 3.63) is 0 Å². The molecule has 0 saturated heterocycles. The number of hydrogen-bond donors (Lipinski definition) is 1. The summed E-state index contributed by atoms with van der Waals surface area (Å²) < 4.78 is 36.2. The van der Waals surface area contributed by atoms with Crippen molar-refractivity contribution in [2.24, 2.45) is 0 Å². The van der Waals surface area contributed by atoms with Crippen molar-refractivity contribution in [1.29, 1.82) is 0 Å². The molecule has 0 spiro atoms. The summed E-state index contributed by atoms with van der Waals surface area (Å²) in [6, 6.07) is 0. The van der Waals surface area contributed by atoms with Gasteiger partial charge in [0.1, 0.15) is 5.60 Å². The maximum Gasteiger partial charge on any atom is 0.407 e. The van der Waals surface area contributed by atoms with Crippen LogP contribution in [-0.4, -0.2) is 52.7 Å². The normalized spacial score (nSPS) is 12.2. The second-order valence-electron chi connectivity index (χ2n) is 5.27. The minimum atomic E-state index is -3.35. The number of unbranched alkanes of at least 4 members (excludes halogenated alkanes) is 1. The minimum absolute atomic E-state index is 0.165. The van der Waals surface area contributed by atoms with Crippen LogP contribution in [0.5, 0.6) is 0 Å². The molecule has 0 atom stereocenters. The van der Waals surface area contributed by atoms with E-state index in [2.05, 4.69) is 9.50 Å². The lowest BCUT2D eigenvalue weighted by Gasteiger charge is -2.19. The number of alkyl carbamates (subject to hydrolysis) is 1. The molecule has 0 unspecified atom stereocenters. The molecule has 20 heavy (non-hydrogen) atoms. The molecule has 0 radical (unpaired) electrons. The number of nitrogens with one attached hydrogen (secondary N) is 1. The predicted molar refractivity (Wildman–Crippen MR) is 75.1 cm³/mol. The van der Waals surface area contributed by atoms with E-state index >= 15 is 0 Å². The third-order valence-corrected chi connectivity index (χ3v) is 2.49. The Morgan fingerprint density at radius 3 is 2.25 bits per heavy atom. The Bertz CT molecular complexity index is 374. The topological polar surface area (TPSA) is 90.9 Å². The molecule has 8 heteroatoms. The van der Waals surface area contributed by atoms with Gasteiger partial charge in [0.05, 0.1) is 19.5 Å². The van der Waals surface area contributed by atoms with E-state index in [1.807, 2.05) is 0 Å². The van der Waals surface area contributed by atoms with Crippen LogP contribution < -0.4 is 5.32 Å². The number of carbonyl (C=O) groups excluding carboxylic acids is 1. The van der Waals surface area contributed by atoms with Crippen molar-refractivity contribution in [3.8, 4) is 0 Å². The Morgan fingerprint density at radius 2 is 1.70 bits per heavy atom. The Labute approximate surface area is 121 Å². The molecule has 0 aromatic heterocycles. The zero-order chi connectivity index (χ0) is 15.6. The smallest absolute Gasteiger partial charge is 0.407 e. The molecule has 0 aliphatic carbocycles.